The molecule has 1 amide bonds. The second kappa shape index (κ2) is 5.93. The number of hydrogen-bond acceptors (Lipinski definition) is 3. The van der Waals surface area contributed by atoms with E-state index in [4.69, 9.17) is 0 Å². The Bertz CT molecular complexity index is 657. The second-order valence-corrected chi connectivity index (χ2v) is 6.21. The monoisotopic (exact) mass is 298 g/mol. The number of anilines is 1. The maximum absolute atomic E-state index is 12.4. The molecule has 1 aromatic heterocycles. The van der Waals surface area contributed by atoms with Crippen molar-refractivity contribution >= 4 is 11.6 Å². The lowest BCUT2D eigenvalue weighted by atomic mass is 9.79. The summed E-state index contributed by atoms with van der Waals surface area (Å²) in [6.07, 6.45) is 3.72. The predicted octanol–water partition coefficient (Wildman–Crippen LogP) is 2.37. The first-order valence-corrected chi connectivity index (χ1v) is 7.61. The first-order chi connectivity index (χ1) is 10.5. The molecule has 0 aliphatic heterocycles. The lowest BCUT2D eigenvalue weighted by Gasteiger charge is -2.38. The zero-order valence-electron chi connectivity index (χ0n) is 13.3. The molecule has 0 radical (unpaired) electrons. The minimum absolute atomic E-state index is 0.100. The summed E-state index contributed by atoms with van der Waals surface area (Å²) in [6, 6.07) is 10.5. The van der Waals surface area contributed by atoms with Crippen LogP contribution in [-0.2, 0) is 11.8 Å². The first kappa shape index (κ1) is 14.8. The van der Waals surface area contributed by atoms with Crippen molar-refractivity contribution in [1.29, 1.82) is 0 Å². The Morgan fingerprint density at radius 2 is 1.95 bits per heavy atom. The molecule has 116 valence electrons. The Balaban J connectivity index is 1.72. The van der Waals surface area contributed by atoms with Crippen molar-refractivity contribution in [2.24, 2.45) is 13.0 Å². The van der Waals surface area contributed by atoms with Gasteiger partial charge in [0.1, 0.15) is 5.69 Å². The Hall–Kier alpha value is -2.14. The summed E-state index contributed by atoms with van der Waals surface area (Å²) < 4.78 is 1.74. The average Bonchev–Trinajstić information content (AvgIpc) is 2.78. The number of nitrogens with one attached hydrogen (secondary N) is 1. The van der Waals surface area contributed by atoms with Gasteiger partial charge < -0.3 is 10.2 Å². The summed E-state index contributed by atoms with van der Waals surface area (Å²) in [4.78, 5) is 14.6. The van der Waals surface area contributed by atoms with E-state index in [2.05, 4.69) is 29.4 Å². The number of aromatic nitrogens is 2. The van der Waals surface area contributed by atoms with Crippen molar-refractivity contribution in [1.82, 2.24) is 14.7 Å². The lowest BCUT2D eigenvalue weighted by molar-refractivity contribution is -0.124. The van der Waals surface area contributed by atoms with Crippen LogP contribution in [0.1, 0.15) is 12.8 Å². The van der Waals surface area contributed by atoms with Crippen molar-refractivity contribution in [3.8, 4) is 11.3 Å². The zero-order valence-corrected chi connectivity index (χ0v) is 13.3. The SMILES string of the molecule is CN(C)C1CC(C(=O)Nc2cn(C)nc2-c2ccccc2)C1. The maximum atomic E-state index is 12.4. The summed E-state index contributed by atoms with van der Waals surface area (Å²) in [5.74, 6) is 0.208. The largest absolute Gasteiger partial charge is 0.323 e. The molecule has 1 fully saturated rings. The molecule has 0 atom stereocenters. The second-order valence-electron chi connectivity index (χ2n) is 6.21. The predicted molar refractivity (Wildman–Crippen MR) is 87.5 cm³/mol. The molecule has 5 heteroatoms. The van der Waals surface area contributed by atoms with Crippen molar-refractivity contribution in [3.05, 3.63) is 36.5 Å². The average molecular weight is 298 g/mol. The molecule has 0 unspecified atom stereocenters. The van der Waals surface area contributed by atoms with E-state index in [0.717, 1.165) is 29.8 Å². The molecule has 1 aliphatic rings. The van der Waals surface area contributed by atoms with Gasteiger partial charge in [-0.1, -0.05) is 30.3 Å². The van der Waals surface area contributed by atoms with Gasteiger partial charge in [-0.05, 0) is 26.9 Å². The molecule has 5 nitrogen and oxygen atoms in total. The molecule has 22 heavy (non-hydrogen) atoms. The number of nitrogens with zero attached hydrogens (tertiary/aromatic N) is 3. The smallest absolute Gasteiger partial charge is 0.227 e. The molecule has 0 saturated heterocycles. The fourth-order valence-corrected chi connectivity index (χ4v) is 2.85. The topological polar surface area (TPSA) is 50.2 Å². The third kappa shape index (κ3) is 2.90. The summed E-state index contributed by atoms with van der Waals surface area (Å²) in [6.45, 7) is 0. The Kier molecular flexibility index (Phi) is 3.98. The van der Waals surface area contributed by atoms with Gasteiger partial charge in [0.05, 0.1) is 5.69 Å². The zero-order chi connectivity index (χ0) is 15.7. The molecule has 1 saturated carbocycles. The molecule has 3 rings (SSSR count). The number of hydrogen-bond donors (Lipinski definition) is 1. The van der Waals surface area contributed by atoms with Gasteiger partial charge in [0.25, 0.3) is 0 Å². The van der Waals surface area contributed by atoms with E-state index in [1.165, 1.54) is 0 Å². The molecule has 1 N–H and O–H groups in total. The van der Waals surface area contributed by atoms with Gasteiger partial charge in [-0.25, -0.2) is 0 Å². The summed E-state index contributed by atoms with van der Waals surface area (Å²) in [5.41, 5.74) is 2.62. The van der Waals surface area contributed by atoms with Crippen LogP contribution in [0.2, 0.25) is 0 Å². The van der Waals surface area contributed by atoms with E-state index in [1.54, 1.807) is 4.68 Å². The molecule has 1 aromatic carbocycles. The van der Waals surface area contributed by atoms with E-state index in [-0.39, 0.29) is 11.8 Å². The van der Waals surface area contributed by atoms with Crippen LogP contribution in [0.3, 0.4) is 0 Å². The van der Waals surface area contributed by atoms with E-state index in [9.17, 15) is 4.79 Å². The van der Waals surface area contributed by atoms with Crippen LogP contribution >= 0.6 is 0 Å². The van der Waals surface area contributed by atoms with E-state index in [1.807, 2.05) is 43.6 Å². The minimum Gasteiger partial charge on any atom is -0.323 e. The molecule has 2 aromatic rings. The number of aryl methyl sites for hydroxylation is 1. The van der Waals surface area contributed by atoms with Gasteiger partial charge in [0.2, 0.25) is 5.91 Å². The fourth-order valence-electron chi connectivity index (χ4n) is 2.85. The van der Waals surface area contributed by atoms with Crippen LogP contribution in [0.25, 0.3) is 11.3 Å². The normalized spacial score (nSPS) is 20.7. The van der Waals surface area contributed by atoms with E-state index < -0.39 is 0 Å². The van der Waals surface area contributed by atoms with Crippen LogP contribution in [-0.4, -0.2) is 40.7 Å². The van der Waals surface area contributed by atoms with Gasteiger partial charge in [0, 0.05) is 30.8 Å². The Morgan fingerprint density at radius 3 is 2.59 bits per heavy atom. The van der Waals surface area contributed by atoms with E-state index in [0.29, 0.717) is 6.04 Å². The lowest BCUT2D eigenvalue weighted by Crippen LogP contribution is -2.45. The summed E-state index contributed by atoms with van der Waals surface area (Å²) in [7, 11) is 5.99. The Morgan fingerprint density at radius 1 is 1.27 bits per heavy atom. The van der Waals surface area contributed by atoms with Gasteiger partial charge in [-0.3, -0.25) is 9.48 Å². The van der Waals surface area contributed by atoms with Crippen molar-refractivity contribution < 1.29 is 4.79 Å². The van der Waals surface area contributed by atoms with Crippen LogP contribution in [0.15, 0.2) is 36.5 Å². The minimum atomic E-state index is 0.100. The highest BCUT2D eigenvalue weighted by molar-refractivity contribution is 5.96. The molecular weight excluding hydrogens is 276 g/mol. The number of carbonyl (C=O) groups excluding carboxylic acids is 1. The van der Waals surface area contributed by atoms with Crippen molar-refractivity contribution in [2.75, 3.05) is 19.4 Å². The Labute approximate surface area is 130 Å². The van der Waals surface area contributed by atoms with Crippen LogP contribution in [0, 0.1) is 5.92 Å². The van der Waals surface area contributed by atoms with Gasteiger partial charge in [0.15, 0.2) is 0 Å². The highest BCUT2D eigenvalue weighted by Crippen LogP contribution is 2.33. The maximum Gasteiger partial charge on any atom is 0.227 e. The highest BCUT2D eigenvalue weighted by Gasteiger charge is 2.35. The van der Waals surface area contributed by atoms with E-state index >= 15 is 0 Å². The van der Waals surface area contributed by atoms with Crippen LogP contribution in [0.4, 0.5) is 5.69 Å². The van der Waals surface area contributed by atoms with Crippen molar-refractivity contribution in [3.63, 3.8) is 0 Å². The molecular formula is C17H22N4O. The first-order valence-electron chi connectivity index (χ1n) is 7.61. The van der Waals surface area contributed by atoms with Gasteiger partial charge in [-0.2, -0.15) is 5.10 Å². The summed E-state index contributed by atoms with van der Waals surface area (Å²) >= 11 is 0. The third-order valence-corrected chi connectivity index (χ3v) is 4.35. The van der Waals surface area contributed by atoms with Gasteiger partial charge in [-0.15, -0.1) is 0 Å². The van der Waals surface area contributed by atoms with Crippen LogP contribution < -0.4 is 5.32 Å². The van der Waals surface area contributed by atoms with Gasteiger partial charge >= 0.3 is 0 Å². The molecule has 0 spiro atoms. The number of amides is 1. The summed E-state index contributed by atoms with van der Waals surface area (Å²) in [5, 5.41) is 7.52. The number of carbonyl (C=O) groups is 1. The molecule has 1 heterocycles. The number of rotatable bonds is 4. The number of benzene rings is 1. The molecule has 0 bridgehead atoms. The highest BCUT2D eigenvalue weighted by atomic mass is 16.1. The standard InChI is InChI=1S/C17H22N4O/c1-20(2)14-9-13(10-14)17(22)18-15-11-21(3)19-16(15)12-7-5-4-6-8-12/h4-8,11,13-14H,9-10H2,1-3H3,(H,18,22). The molecule has 1 aliphatic carbocycles. The fraction of sp³-hybridized carbons (Fsp3) is 0.412. The quantitative estimate of drug-likeness (QED) is 0.943. The third-order valence-electron chi connectivity index (χ3n) is 4.35. The van der Waals surface area contributed by atoms with Crippen LogP contribution in [0.5, 0.6) is 0 Å². The van der Waals surface area contributed by atoms with Crippen molar-refractivity contribution in [2.45, 2.75) is 18.9 Å².